The van der Waals surface area contributed by atoms with Gasteiger partial charge in [0.25, 0.3) is 0 Å². The lowest BCUT2D eigenvalue weighted by molar-refractivity contribution is -0.114. The van der Waals surface area contributed by atoms with Gasteiger partial charge < -0.3 is 20.1 Å². The van der Waals surface area contributed by atoms with Gasteiger partial charge >= 0.3 is 0 Å². The molecule has 0 bridgehead atoms. The van der Waals surface area contributed by atoms with Crippen LogP contribution in [0, 0.1) is 5.92 Å². The molecule has 0 aliphatic rings. The number of rotatable bonds is 10. The molecule has 0 fully saturated rings. The van der Waals surface area contributed by atoms with Crippen molar-refractivity contribution in [1.29, 1.82) is 0 Å². The minimum atomic E-state index is -0.162. The van der Waals surface area contributed by atoms with Gasteiger partial charge in [-0.15, -0.1) is 0 Å². The van der Waals surface area contributed by atoms with Gasteiger partial charge in [0.05, 0.1) is 24.5 Å². The highest BCUT2D eigenvalue weighted by molar-refractivity contribution is 5.95. The Morgan fingerprint density at radius 1 is 1.00 bits per heavy atom. The summed E-state index contributed by atoms with van der Waals surface area (Å²) in [5.41, 5.74) is 2.36. The maximum absolute atomic E-state index is 12.4. The third kappa shape index (κ3) is 7.05. The van der Waals surface area contributed by atoms with Crippen LogP contribution in [0.2, 0.25) is 0 Å². The first-order valence-electron chi connectivity index (χ1n) is 9.07. The van der Waals surface area contributed by atoms with Crippen LogP contribution in [0.4, 0.5) is 11.4 Å². The quantitative estimate of drug-likeness (QED) is 0.596. The third-order valence-corrected chi connectivity index (χ3v) is 3.53. The first kappa shape index (κ1) is 20.4. The van der Waals surface area contributed by atoms with Gasteiger partial charge in [0.2, 0.25) is 5.91 Å². The Balaban J connectivity index is 1.95. The van der Waals surface area contributed by atoms with E-state index in [1.807, 2.05) is 55.5 Å². The molecule has 0 saturated carbocycles. The Kier molecular flexibility index (Phi) is 7.74. The highest BCUT2D eigenvalue weighted by Gasteiger charge is 2.10. The Labute approximate surface area is 161 Å². The molecule has 144 valence electrons. The van der Waals surface area contributed by atoms with E-state index in [0.717, 1.165) is 11.3 Å². The van der Waals surface area contributed by atoms with Crippen molar-refractivity contribution in [3.8, 4) is 11.5 Å². The fraction of sp³-hybridized carbons (Fsp3) is 0.318. The zero-order valence-electron chi connectivity index (χ0n) is 16.2. The van der Waals surface area contributed by atoms with Crippen LogP contribution in [0.5, 0.6) is 11.5 Å². The van der Waals surface area contributed by atoms with E-state index in [4.69, 9.17) is 9.47 Å². The van der Waals surface area contributed by atoms with Crippen LogP contribution in [0.3, 0.4) is 0 Å². The van der Waals surface area contributed by atoms with E-state index in [1.54, 1.807) is 0 Å². The molecule has 5 heteroatoms. The Morgan fingerprint density at radius 2 is 1.59 bits per heavy atom. The number of para-hydroxylation sites is 4. The van der Waals surface area contributed by atoms with Crippen LogP contribution in [0.1, 0.15) is 20.8 Å². The predicted molar refractivity (Wildman–Crippen MR) is 111 cm³/mol. The Bertz CT molecular complexity index is 772. The first-order valence-corrected chi connectivity index (χ1v) is 9.07. The van der Waals surface area contributed by atoms with Gasteiger partial charge in [-0.05, 0) is 42.7 Å². The number of anilines is 2. The SMILES string of the molecule is C=C(C)COc1ccccc1NCC(=O)Nc1ccccc1OCC(C)C. The molecule has 1 amide bonds. The molecule has 5 nitrogen and oxygen atoms in total. The van der Waals surface area contributed by atoms with E-state index < -0.39 is 0 Å². The lowest BCUT2D eigenvalue weighted by atomic mass is 10.2. The fourth-order valence-corrected chi connectivity index (χ4v) is 2.26. The molecule has 0 atom stereocenters. The second kappa shape index (κ2) is 10.3. The zero-order chi connectivity index (χ0) is 19.6. The first-order chi connectivity index (χ1) is 13.0. The van der Waals surface area contributed by atoms with Crippen LogP contribution < -0.4 is 20.1 Å². The molecule has 0 heterocycles. The molecular formula is C22H28N2O3. The van der Waals surface area contributed by atoms with Crippen LogP contribution >= 0.6 is 0 Å². The van der Waals surface area contributed by atoms with Crippen LogP contribution in [0.15, 0.2) is 60.7 Å². The molecule has 0 unspecified atom stereocenters. The highest BCUT2D eigenvalue weighted by atomic mass is 16.5. The number of hydrogen-bond donors (Lipinski definition) is 2. The summed E-state index contributed by atoms with van der Waals surface area (Å²) in [5, 5.41) is 6.01. The summed E-state index contributed by atoms with van der Waals surface area (Å²) in [6.45, 7) is 11.1. The summed E-state index contributed by atoms with van der Waals surface area (Å²) in [5.74, 6) is 1.61. The van der Waals surface area contributed by atoms with Crippen molar-refractivity contribution in [3.05, 3.63) is 60.7 Å². The van der Waals surface area contributed by atoms with E-state index in [0.29, 0.717) is 36.3 Å². The molecule has 0 aliphatic carbocycles. The number of hydrogen-bond acceptors (Lipinski definition) is 4. The smallest absolute Gasteiger partial charge is 0.243 e. The lowest BCUT2D eigenvalue weighted by Gasteiger charge is -2.15. The summed E-state index contributed by atoms with van der Waals surface area (Å²) in [4.78, 5) is 12.4. The molecule has 2 aromatic rings. The molecular weight excluding hydrogens is 340 g/mol. The van der Waals surface area contributed by atoms with Gasteiger partial charge in [-0.3, -0.25) is 4.79 Å². The number of ether oxygens (including phenoxy) is 2. The maximum Gasteiger partial charge on any atom is 0.243 e. The van der Waals surface area contributed by atoms with Crippen LogP contribution in [0.25, 0.3) is 0 Å². The standard InChI is InChI=1S/C22H28N2O3/c1-16(2)14-26-20-11-7-5-9-18(20)23-13-22(25)24-19-10-6-8-12-21(19)27-15-17(3)4/h5-12,17,23H,1,13-15H2,2-4H3,(H,24,25). The lowest BCUT2D eigenvalue weighted by Crippen LogP contribution is -2.22. The van der Waals surface area contributed by atoms with E-state index in [1.165, 1.54) is 0 Å². The van der Waals surface area contributed by atoms with Crippen molar-refractivity contribution in [1.82, 2.24) is 0 Å². The number of carbonyl (C=O) groups is 1. The van der Waals surface area contributed by atoms with Gasteiger partial charge in [0, 0.05) is 0 Å². The molecule has 2 N–H and O–H groups in total. The highest BCUT2D eigenvalue weighted by Crippen LogP contribution is 2.25. The van der Waals surface area contributed by atoms with Crippen molar-refractivity contribution >= 4 is 17.3 Å². The molecule has 2 aromatic carbocycles. The fourth-order valence-electron chi connectivity index (χ4n) is 2.26. The molecule has 0 saturated heterocycles. The Morgan fingerprint density at radius 3 is 2.22 bits per heavy atom. The van der Waals surface area contributed by atoms with E-state index in [-0.39, 0.29) is 12.5 Å². The van der Waals surface area contributed by atoms with Crippen LogP contribution in [-0.2, 0) is 4.79 Å². The van der Waals surface area contributed by atoms with Crippen LogP contribution in [-0.4, -0.2) is 25.7 Å². The van der Waals surface area contributed by atoms with Crippen molar-refractivity contribution in [2.75, 3.05) is 30.4 Å². The van der Waals surface area contributed by atoms with Crippen molar-refractivity contribution in [2.45, 2.75) is 20.8 Å². The zero-order valence-corrected chi connectivity index (χ0v) is 16.2. The maximum atomic E-state index is 12.4. The summed E-state index contributed by atoms with van der Waals surface area (Å²) >= 11 is 0. The second-order valence-electron chi connectivity index (χ2n) is 6.84. The summed E-state index contributed by atoms with van der Waals surface area (Å²) < 4.78 is 11.5. The summed E-state index contributed by atoms with van der Waals surface area (Å²) in [7, 11) is 0. The summed E-state index contributed by atoms with van der Waals surface area (Å²) in [6.07, 6.45) is 0. The molecule has 2 rings (SSSR count). The van der Waals surface area contributed by atoms with Crippen molar-refractivity contribution in [2.24, 2.45) is 5.92 Å². The molecule has 27 heavy (non-hydrogen) atoms. The minimum Gasteiger partial charge on any atom is -0.491 e. The van der Waals surface area contributed by atoms with Crippen molar-refractivity contribution in [3.63, 3.8) is 0 Å². The molecule has 0 aliphatic heterocycles. The van der Waals surface area contributed by atoms with Gasteiger partial charge in [-0.2, -0.15) is 0 Å². The largest absolute Gasteiger partial charge is 0.491 e. The third-order valence-electron chi connectivity index (χ3n) is 3.53. The average Bonchev–Trinajstić information content (AvgIpc) is 2.64. The second-order valence-corrected chi connectivity index (χ2v) is 6.84. The van der Waals surface area contributed by atoms with Gasteiger partial charge in [-0.25, -0.2) is 0 Å². The Hall–Kier alpha value is -2.95. The van der Waals surface area contributed by atoms with Gasteiger partial charge in [0.1, 0.15) is 18.1 Å². The van der Waals surface area contributed by atoms with Crippen molar-refractivity contribution < 1.29 is 14.3 Å². The monoisotopic (exact) mass is 368 g/mol. The molecule has 0 spiro atoms. The van der Waals surface area contributed by atoms with Gasteiger partial charge in [0.15, 0.2) is 0 Å². The molecule has 0 radical (unpaired) electrons. The number of benzene rings is 2. The minimum absolute atomic E-state index is 0.117. The van der Waals surface area contributed by atoms with E-state index in [9.17, 15) is 4.79 Å². The predicted octanol–water partition coefficient (Wildman–Crippen LogP) is 4.73. The summed E-state index contributed by atoms with van der Waals surface area (Å²) in [6, 6.07) is 15.0. The topological polar surface area (TPSA) is 59.6 Å². The van der Waals surface area contributed by atoms with E-state index >= 15 is 0 Å². The average molecular weight is 368 g/mol. The molecule has 0 aromatic heterocycles. The normalized spacial score (nSPS) is 10.4. The number of carbonyl (C=O) groups excluding carboxylic acids is 1. The number of amides is 1. The number of nitrogens with one attached hydrogen (secondary N) is 2. The van der Waals surface area contributed by atoms with Gasteiger partial charge in [-0.1, -0.05) is 44.7 Å². The van der Waals surface area contributed by atoms with E-state index in [2.05, 4.69) is 31.1 Å².